The average molecular weight is 447 g/mol. The van der Waals surface area contributed by atoms with Crippen LogP contribution in [0.4, 0.5) is 4.79 Å². The molecule has 31 heavy (non-hydrogen) atoms. The Hall–Kier alpha value is -1.37. The molecule has 5 nitrogen and oxygen atoms in total. The van der Waals surface area contributed by atoms with Gasteiger partial charge in [-0.25, -0.2) is 4.79 Å². The third-order valence-corrected chi connectivity index (χ3v) is 11.7. The van der Waals surface area contributed by atoms with Gasteiger partial charge in [-0.3, -0.25) is 4.90 Å². The van der Waals surface area contributed by atoms with Crippen LogP contribution < -0.4 is 0 Å². The Kier molecular flexibility index (Phi) is 6.67. The summed E-state index contributed by atoms with van der Waals surface area (Å²) >= 11 is 0. The molecule has 2 aliphatic heterocycles. The standard InChI is InChI=1S/C25H42N2O3Si/c1-23(2,3)30-22(28)27-18-25(19-27)17-26(14-20-12-10-9-11-13-20)15-21(25)16-29-31(7,8)24(4,5)6/h9-13,21H,14-19H2,1-8H3/t21-/m0/s1. The van der Waals surface area contributed by atoms with Gasteiger partial charge in [0.05, 0.1) is 0 Å². The molecule has 3 rings (SSSR count). The second kappa shape index (κ2) is 8.52. The lowest BCUT2D eigenvalue weighted by atomic mass is 9.72. The third-order valence-electron chi connectivity index (χ3n) is 7.25. The monoisotopic (exact) mass is 446 g/mol. The molecule has 0 radical (unpaired) electrons. The van der Waals surface area contributed by atoms with Crippen molar-refractivity contribution >= 4 is 14.4 Å². The fourth-order valence-corrected chi connectivity index (χ4v) is 5.44. The third kappa shape index (κ3) is 5.71. The maximum atomic E-state index is 12.6. The fraction of sp³-hybridized carbons (Fsp3) is 0.720. The number of rotatable bonds is 5. The quantitative estimate of drug-likeness (QED) is 0.570. The van der Waals surface area contributed by atoms with Gasteiger partial charge in [0.15, 0.2) is 8.32 Å². The first kappa shape index (κ1) is 24.3. The van der Waals surface area contributed by atoms with Crippen molar-refractivity contribution in [3.63, 3.8) is 0 Å². The smallest absolute Gasteiger partial charge is 0.410 e. The Morgan fingerprint density at radius 3 is 2.23 bits per heavy atom. The minimum Gasteiger partial charge on any atom is -0.444 e. The topological polar surface area (TPSA) is 42.0 Å². The van der Waals surface area contributed by atoms with Crippen molar-refractivity contribution in [2.45, 2.75) is 71.8 Å². The molecule has 1 spiro atoms. The number of amides is 1. The molecule has 2 fully saturated rings. The zero-order chi connectivity index (χ0) is 23.1. The molecule has 1 aromatic carbocycles. The van der Waals surface area contributed by atoms with Crippen molar-refractivity contribution in [3.8, 4) is 0 Å². The van der Waals surface area contributed by atoms with Crippen molar-refractivity contribution in [2.24, 2.45) is 11.3 Å². The molecule has 174 valence electrons. The summed E-state index contributed by atoms with van der Waals surface area (Å²) in [6, 6.07) is 10.7. The first-order chi connectivity index (χ1) is 14.2. The minimum atomic E-state index is -1.81. The molecule has 2 heterocycles. The highest BCUT2D eigenvalue weighted by Crippen LogP contribution is 2.46. The van der Waals surface area contributed by atoms with Gasteiger partial charge in [-0.05, 0) is 44.5 Å². The van der Waals surface area contributed by atoms with Crippen LogP contribution >= 0.6 is 0 Å². The van der Waals surface area contributed by atoms with E-state index < -0.39 is 13.9 Å². The Bertz CT molecular complexity index is 761. The van der Waals surface area contributed by atoms with E-state index in [0.717, 1.165) is 39.3 Å². The van der Waals surface area contributed by atoms with Crippen LogP contribution in [0, 0.1) is 11.3 Å². The van der Waals surface area contributed by atoms with Crippen molar-refractivity contribution in [3.05, 3.63) is 35.9 Å². The largest absolute Gasteiger partial charge is 0.444 e. The summed E-state index contributed by atoms with van der Waals surface area (Å²) in [5, 5.41) is 0.199. The Labute approximate surface area is 190 Å². The zero-order valence-electron chi connectivity index (χ0n) is 20.8. The lowest BCUT2D eigenvalue weighted by Gasteiger charge is -2.51. The van der Waals surface area contributed by atoms with Gasteiger partial charge in [0.2, 0.25) is 0 Å². The summed E-state index contributed by atoms with van der Waals surface area (Å²) < 4.78 is 12.3. The summed E-state index contributed by atoms with van der Waals surface area (Å²) in [4.78, 5) is 17.0. The molecule has 2 saturated heterocycles. The van der Waals surface area contributed by atoms with Crippen LogP contribution in [-0.2, 0) is 15.7 Å². The normalized spacial score (nSPS) is 21.9. The first-order valence-corrected chi connectivity index (χ1v) is 14.5. The lowest BCUT2D eigenvalue weighted by molar-refractivity contribution is -0.0522. The van der Waals surface area contributed by atoms with Crippen LogP contribution in [0.1, 0.15) is 47.1 Å². The van der Waals surface area contributed by atoms with Gasteiger partial charge in [-0.2, -0.15) is 0 Å². The molecule has 1 aromatic rings. The van der Waals surface area contributed by atoms with Gasteiger partial charge < -0.3 is 14.1 Å². The number of likely N-dealkylation sites (tertiary alicyclic amines) is 2. The van der Waals surface area contributed by atoms with E-state index in [1.54, 1.807) is 0 Å². The summed E-state index contributed by atoms with van der Waals surface area (Å²) in [5.41, 5.74) is 0.986. The molecular formula is C25H42N2O3Si. The number of nitrogens with zero attached hydrogens (tertiary/aromatic N) is 2. The molecule has 0 N–H and O–H groups in total. The molecule has 1 amide bonds. The van der Waals surface area contributed by atoms with Crippen LogP contribution in [-0.4, -0.2) is 62.6 Å². The van der Waals surface area contributed by atoms with Gasteiger partial charge in [0.1, 0.15) is 5.60 Å². The Balaban J connectivity index is 1.69. The van der Waals surface area contributed by atoms with E-state index in [0.29, 0.717) is 5.92 Å². The summed E-state index contributed by atoms with van der Waals surface area (Å²) in [7, 11) is -1.81. The minimum absolute atomic E-state index is 0.105. The van der Waals surface area contributed by atoms with E-state index >= 15 is 0 Å². The fourth-order valence-electron chi connectivity index (χ4n) is 4.39. The molecule has 0 bridgehead atoms. The SMILES string of the molecule is CC(C)(C)OC(=O)N1CC2(CN(Cc3ccccc3)C[C@H]2CO[Si](C)(C)C(C)(C)C)C1. The summed E-state index contributed by atoms with van der Waals surface area (Å²) in [6.45, 7) is 22.6. The number of hydrogen-bond acceptors (Lipinski definition) is 4. The molecule has 0 unspecified atom stereocenters. The number of benzene rings is 1. The zero-order valence-corrected chi connectivity index (χ0v) is 21.8. The summed E-state index contributed by atoms with van der Waals surface area (Å²) in [5.74, 6) is 0.434. The number of carbonyl (C=O) groups is 1. The first-order valence-electron chi connectivity index (χ1n) is 11.6. The van der Waals surface area contributed by atoms with Crippen LogP contribution in [0.3, 0.4) is 0 Å². The van der Waals surface area contributed by atoms with Crippen LogP contribution in [0.5, 0.6) is 0 Å². The van der Waals surface area contributed by atoms with Gasteiger partial charge in [0, 0.05) is 50.7 Å². The van der Waals surface area contributed by atoms with Crippen LogP contribution in [0.15, 0.2) is 30.3 Å². The maximum absolute atomic E-state index is 12.6. The van der Waals surface area contributed by atoms with Gasteiger partial charge in [0.25, 0.3) is 0 Å². The Morgan fingerprint density at radius 1 is 1.06 bits per heavy atom. The van der Waals surface area contributed by atoms with Gasteiger partial charge in [-0.1, -0.05) is 51.1 Å². The highest BCUT2D eigenvalue weighted by atomic mass is 28.4. The van der Waals surface area contributed by atoms with E-state index in [-0.39, 0.29) is 16.5 Å². The molecule has 0 aliphatic carbocycles. The molecular weight excluding hydrogens is 404 g/mol. The van der Waals surface area contributed by atoms with E-state index in [1.165, 1.54) is 5.56 Å². The van der Waals surface area contributed by atoms with E-state index in [4.69, 9.17) is 9.16 Å². The van der Waals surface area contributed by atoms with Crippen LogP contribution in [0.25, 0.3) is 0 Å². The highest BCUT2D eigenvalue weighted by molar-refractivity contribution is 6.74. The average Bonchev–Trinajstić information content (AvgIpc) is 2.95. The lowest BCUT2D eigenvalue weighted by Crippen LogP contribution is -2.63. The van der Waals surface area contributed by atoms with Crippen molar-refractivity contribution < 1.29 is 14.0 Å². The van der Waals surface area contributed by atoms with Crippen molar-refractivity contribution in [2.75, 3.05) is 32.8 Å². The predicted molar refractivity (Wildman–Crippen MR) is 129 cm³/mol. The molecule has 1 atom stereocenters. The molecule has 0 saturated carbocycles. The second-order valence-electron chi connectivity index (χ2n) is 12.1. The molecule has 0 aromatic heterocycles. The van der Waals surface area contributed by atoms with E-state index in [9.17, 15) is 4.79 Å². The predicted octanol–water partition coefficient (Wildman–Crippen LogP) is 5.38. The maximum Gasteiger partial charge on any atom is 0.410 e. The Morgan fingerprint density at radius 2 is 1.68 bits per heavy atom. The summed E-state index contributed by atoms with van der Waals surface area (Å²) in [6.07, 6.45) is -0.191. The number of carbonyl (C=O) groups excluding carboxylic acids is 1. The highest BCUT2D eigenvalue weighted by Gasteiger charge is 2.56. The van der Waals surface area contributed by atoms with E-state index in [1.807, 2.05) is 25.7 Å². The number of ether oxygens (including phenoxy) is 1. The van der Waals surface area contributed by atoms with E-state index in [2.05, 4.69) is 69.1 Å². The number of hydrogen-bond donors (Lipinski definition) is 0. The van der Waals surface area contributed by atoms with Gasteiger partial charge in [-0.15, -0.1) is 0 Å². The van der Waals surface area contributed by atoms with Gasteiger partial charge >= 0.3 is 6.09 Å². The molecule has 2 aliphatic rings. The molecule has 6 heteroatoms. The van der Waals surface area contributed by atoms with Crippen LogP contribution in [0.2, 0.25) is 18.1 Å². The van der Waals surface area contributed by atoms with Crippen molar-refractivity contribution in [1.29, 1.82) is 0 Å². The van der Waals surface area contributed by atoms with Crippen molar-refractivity contribution in [1.82, 2.24) is 9.80 Å². The second-order valence-corrected chi connectivity index (χ2v) is 16.9.